The average Bonchev–Trinajstić information content (AvgIpc) is 3.02. The van der Waals surface area contributed by atoms with E-state index in [1.807, 2.05) is 31.2 Å². The van der Waals surface area contributed by atoms with E-state index >= 15 is 0 Å². The van der Waals surface area contributed by atoms with Crippen molar-refractivity contribution in [3.8, 4) is 5.88 Å². The highest BCUT2D eigenvalue weighted by Gasteiger charge is 2.28. The number of aromatic nitrogens is 1. The van der Waals surface area contributed by atoms with Crippen LogP contribution in [0.2, 0.25) is 0 Å². The van der Waals surface area contributed by atoms with Crippen molar-refractivity contribution in [3.63, 3.8) is 0 Å². The number of guanidine groups is 1. The first kappa shape index (κ1) is 23.8. The highest BCUT2D eigenvalue weighted by atomic mass is 127. The van der Waals surface area contributed by atoms with Gasteiger partial charge in [0.15, 0.2) is 12.6 Å². The topological polar surface area (TPSA) is 71.7 Å². The number of aliphatic imine (C=N–C) groups is 1. The number of pyridine rings is 1. The molecule has 0 saturated carbocycles. The average molecular weight is 534 g/mol. The number of rotatable bonds is 6. The van der Waals surface area contributed by atoms with Crippen molar-refractivity contribution in [1.29, 1.82) is 0 Å². The van der Waals surface area contributed by atoms with E-state index in [0.717, 1.165) is 22.3 Å². The Morgan fingerprint density at radius 2 is 1.90 bits per heavy atom. The summed E-state index contributed by atoms with van der Waals surface area (Å²) in [6.45, 7) is 1.40. The van der Waals surface area contributed by atoms with Gasteiger partial charge in [0.1, 0.15) is 11.3 Å². The monoisotopic (exact) mass is 534 g/mol. The molecule has 0 atom stereocenters. The van der Waals surface area contributed by atoms with Crippen LogP contribution in [0.25, 0.3) is 11.0 Å². The summed E-state index contributed by atoms with van der Waals surface area (Å²) in [4.78, 5) is 7.94. The Bertz CT molecular complexity index is 1010. The number of benzene rings is 1. The van der Waals surface area contributed by atoms with Crippen LogP contribution in [0.1, 0.15) is 16.9 Å². The number of halogens is 4. The molecule has 0 radical (unpaired) electrons. The molecule has 2 aromatic heterocycles. The predicted molar refractivity (Wildman–Crippen MR) is 119 cm³/mol. The number of hydrogen-bond donors (Lipinski definition) is 2. The van der Waals surface area contributed by atoms with Crippen LogP contribution >= 0.6 is 24.0 Å². The number of alkyl halides is 3. The zero-order chi connectivity index (χ0) is 20.9. The summed E-state index contributed by atoms with van der Waals surface area (Å²) < 4.78 is 47.3. The van der Waals surface area contributed by atoms with Crippen molar-refractivity contribution in [2.75, 3.05) is 13.7 Å². The smallest absolute Gasteiger partial charge is 0.422 e. The van der Waals surface area contributed by atoms with Gasteiger partial charge in [-0.3, -0.25) is 4.99 Å². The lowest BCUT2D eigenvalue weighted by atomic mass is 10.1. The van der Waals surface area contributed by atoms with E-state index in [1.165, 1.54) is 12.3 Å². The lowest BCUT2D eigenvalue weighted by Crippen LogP contribution is -2.36. The standard InChI is InChI=1S/C20H21F3N4O2.HI/c1-13-15-5-3-4-6-16(15)29-17(13)11-27-19(24-2)26-10-14-7-8-25-18(9-14)28-12-20(21,22)23;/h3-9H,10-12H2,1-2H3,(H2,24,26,27);1H. The summed E-state index contributed by atoms with van der Waals surface area (Å²) in [5.41, 5.74) is 2.59. The maximum atomic E-state index is 12.3. The lowest BCUT2D eigenvalue weighted by Gasteiger charge is -2.12. The maximum absolute atomic E-state index is 12.3. The van der Waals surface area contributed by atoms with Gasteiger partial charge in [0.05, 0.1) is 6.54 Å². The summed E-state index contributed by atoms with van der Waals surface area (Å²) in [5, 5.41) is 7.33. The molecule has 30 heavy (non-hydrogen) atoms. The second kappa shape index (κ2) is 10.5. The second-order valence-electron chi connectivity index (χ2n) is 6.33. The Morgan fingerprint density at radius 3 is 2.60 bits per heavy atom. The quantitative estimate of drug-likeness (QED) is 0.276. The first-order valence-corrected chi connectivity index (χ1v) is 8.92. The van der Waals surface area contributed by atoms with Crippen LogP contribution in [0.4, 0.5) is 13.2 Å². The van der Waals surface area contributed by atoms with E-state index in [4.69, 9.17) is 4.42 Å². The Labute approximate surface area is 188 Å². The van der Waals surface area contributed by atoms with Gasteiger partial charge in [-0.15, -0.1) is 24.0 Å². The van der Waals surface area contributed by atoms with Gasteiger partial charge in [-0.1, -0.05) is 18.2 Å². The van der Waals surface area contributed by atoms with Gasteiger partial charge in [-0.05, 0) is 24.6 Å². The molecule has 0 aliphatic carbocycles. The molecule has 1 aromatic carbocycles. The van der Waals surface area contributed by atoms with Crippen LogP contribution in [0.3, 0.4) is 0 Å². The van der Waals surface area contributed by atoms with E-state index < -0.39 is 12.8 Å². The van der Waals surface area contributed by atoms with Crippen molar-refractivity contribution in [2.24, 2.45) is 4.99 Å². The fourth-order valence-electron chi connectivity index (χ4n) is 2.76. The summed E-state index contributed by atoms with van der Waals surface area (Å²) in [6.07, 6.45) is -3.01. The number of para-hydroxylation sites is 1. The molecule has 3 rings (SSSR count). The molecule has 10 heteroatoms. The van der Waals surface area contributed by atoms with Crippen molar-refractivity contribution >= 4 is 40.9 Å². The Morgan fingerprint density at radius 1 is 1.17 bits per heavy atom. The number of nitrogens with zero attached hydrogens (tertiary/aromatic N) is 2. The molecule has 0 unspecified atom stereocenters. The predicted octanol–water partition coefficient (Wildman–Crippen LogP) is 4.56. The van der Waals surface area contributed by atoms with Gasteiger partial charge in [0.2, 0.25) is 5.88 Å². The lowest BCUT2D eigenvalue weighted by molar-refractivity contribution is -0.154. The third-order valence-electron chi connectivity index (χ3n) is 4.23. The summed E-state index contributed by atoms with van der Waals surface area (Å²) in [5.74, 6) is 1.25. The largest absolute Gasteiger partial charge is 0.468 e. The minimum atomic E-state index is -4.41. The molecule has 2 heterocycles. The number of ether oxygens (including phenoxy) is 1. The van der Waals surface area contributed by atoms with Gasteiger partial charge in [0, 0.05) is 36.8 Å². The summed E-state index contributed by atoms with van der Waals surface area (Å²) in [7, 11) is 1.63. The third-order valence-corrected chi connectivity index (χ3v) is 4.23. The SMILES string of the molecule is CN=C(NCc1ccnc(OCC(F)(F)F)c1)NCc1oc2ccccc2c1C.I. The minimum Gasteiger partial charge on any atom is -0.468 e. The Hall–Kier alpha value is -2.50. The molecule has 0 amide bonds. The molecule has 0 saturated heterocycles. The van der Waals surface area contributed by atoms with Gasteiger partial charge < -0.3 is 19.8 Å². The van der Waals surface area contributed by atoms with Crippen molar-refractivity contribution in [2.45, 2.75) is 26.2 Å². The highest BCUT2D eigenvalue weighted by molar-refractivity contribution is 14.0. The molecular weight excluding hydrogens is 512 g/mol. The molecule has 0 aliphatic heterocycles. The molecular formula is C20H22F3IN4O2. The summed E-state index contributed by atoms with van der Waals surface area (Å²) >= 11 is 0. The highest BCUT2D eigenvalue weighted by Crippen LogP contribution is 2.24. The van der Waals surface area contributed by atoms with Crippen LogP contribution in [0.5, 0.6) is 5.88 Å². The van der Waals surface area contributed by atoms with Crippen LogP contribution in [-0.4, -0.2) is 30.8 Å². The first-order valence-electron chi connectivity index (χ1n) is 8.92. The molecule has 3 aromatic rings. The summed E-state index contributed by atoms with van der Waals surface area (Å²) in [6, 6.07) is 10.9. The van der Waals surface area contributed by atoms with Crippen LogP contribution in [0, 0.1) is 6.92 Å². The number of hydrogen-bond acceptors (Lipinski definition) is 4. The van der Waals surface area contributed by atoms with E-state index in [0.29, 0.717) is 24.6 Å². The van der Waals surface area contributed by atoms with E-state index in [9.17, 15) is 13.2 Å². The number of fused-ring (bicyclic) bond motifs is 1. The van der Waals surface area contributed by atoms with Crippen molar-refractivity contribution < 1.29 is 22.3 Å². The van der Waals surface area contributed by atoms with Gasteiger partial charge in [0.25, 0.3) is 0 Å². The fourth-order valence-corrected chi connectivity index (χ4v) is 2.76. The van der Waals surface area contributed by atoms with Gasteiger partial charge >= 0.3 is 6.18 Å². The zero-order valence-electron chi connectivity index (χ0n) is 16.4. The molecule has 0 spiro atoms. The zero-order valence-corrected chi connectivity index (χ0v) is 18.7. The van der Waals surface area contributed by atoms with Crippen molar-refractivity contribution in [1.82, 2.24) is 15.6 Å². The number of aryl methyl sites for hydroxylation is 1. The fraction of sp³-hybridized carbons (Fsp3) is 0.300. The Balaban J connectivity index is 0.00000320. The molecule has 0 fully saturated rings. The number of nitrogens with one attached hydrogen (secondary N) is 2. The number of furan rings is 1. The van der Waals surface area contributed by atoms with Crippen LogP contribution in [-0.2, 0) is 13.1 Å². The maximum Gasteiger partial charge on any atom is 0.422 e. The third kappa shape index (κ3) is 6.51. The van der Waals surface area contributed by atoms with Gasteiger partial charge in [-0.2, -0.15) is 13.2 Å². The van der Waals surface area contributed by atoms with Crippen LogP contribution < -0.4 is 15.4 Å². The minimum absolute atomic E-state index is 0. The molecule has 2 N–H and O–H groups in total. The van der Waals surface area contributed by atoms with E-state index in [2.05, 4.69) is 25.3 Å². The Kier molecular flexibility index (Phi) is 8.33. The molecule has 0 bridgehead atoms. The van der Waals surface area contributed by atoms with E-state index in [1.54, 1.807) is 13.1 Å². The van der Waals surface area contributed by atoms with Gasteiger partial charge in [-0.25, -0.2) is 4.98 Å². The van der Waals surface area contributed by atoms with Crippen molar-refractivity contribution in [3.05, 3.63) is 59.5 Å². The molecule has 0 aliphatic rings. The van der Waals surface area contributed by atoms with E-state index in [-0.39, 0.29) is 29.9 Å². The molecule has 162 valence electrons. The second-order valence-corrected chi connectivity index (χ2v) is 6.33. The normalized spacial score (nSPS) is 11.8. The molecule has 6 nitrogen and oxygen atoms in total. The first-order chi connectivity index (χ1) is 13.9. The van der Waals surface area contributed by atoms with Crippen LogP contribution in [0.15, 0.2) is 52.0 Å².